The smallest absolute Gasteiger partial charge is 0.265 e. The van der Waals surface area contributed by atoms with Crippen LogP contribution in [0.1, 0.15) is 13.3 Å². The molecule has 1 aliphatic heterocycles. The van der Waals surface area contributed by atoms with Crippen LogP contribution in [-0.4, -0.2) is 12.0 Å². The molecular weight excluding hydrogens is 185 g/mol. The minimum Gasteiger partial charge on any atom is -0.478 e. The van der Waals surface area contributed by atoms with Crippen molar-refractivity contribution in [2.24, 2.45) is 0 Å². The number of anilines is 1. The maximum Gasteiger partial charge on any atom is 0.265 e. The lowest BCUT2D eigenvalue weighted by Gasteiger charge is -2.24. The molecule has 1 amide bonds. The Balaban J connectivity index is 2.40. The van der Waals surface area contributed by atoms with Crippen molar-refractivity contribution >= 4 is 11.6 Å². The van der Waals surface area contributed by atoms with Crippen molar-refractivity contribution in [3.8, 4) is 5.75 Å². The van der Waals surface area contributed by atoms with Gasteiger partial charge in [0.1, 0.15) is 11.4 Å². The minimum absolute atomic E-state index is 0.141. The summed E-state index contributed by atoms with van der Waals surface area (Å²) in [6.07, 6.45) is 0.0613. The topological polar surface area (TPSA) is 38.3 Å². The Morgan fingerprint density at radius 3 is 3.07 bits per heavy atom. The van der Waals surface area contributed by atoms with Gasteiger partial charge < -0.3 is 10.1 Å². The first-order valence-corrected chi connectivity index (χ1v) is 4.48. The van der Waals surface area contributed by atoms with Crippen LogP contribution in [0, 0.1) is 5.82 Å². The Morgan fingerprint density at radius 1 is 1.57 bits per heavy atom. The van der Waals surface area contributed by atoms with E-state index >= 15 is 0 Å². The van der Waals surface area contributed by atoms with E-state index in [4.69, 9.17) is 4.74 Å². The highest BCUT2D eigenvalue weighted by Gasteiger charge is 2.27. The maximum atomic E-state index is 13.2. The van der Waals surface area contributed by atoms with Gasteiger partial charge in [0.2, 0.25) is 0 Å². The number of carbonyl (C=O) groups is 1. The van der Waals surface area contributed by atoms with Crippen LogP contribution < -0.4 is 10.1 Å². The lowest BCUT2D eigenvalue weighted by atomic mass is 10.2. The zero-order chi connectivity index (χ0) is 10.1. The van der Waals surface area contributed by atoms with Gasteiger partial charge in [-0.25, -0.2) is 4.39 Å². The summed E-state index contributed by atoms with van der Waals surface area (Å²) in [6.45, 7) is 1.84. The van der Waals surface area contributed by atoms with Crippen LogP contribution in [0.15, 0.2) is 18.2 Å². The standard InChI is InChI=1S/C10H10FNO2/c1-2-7-10(13)12-9-6(11)4-3-5-8(9)14-7/h3-5,7H,2H2,1H3,(H,12,13). The van der Waals surface area contributed by atoms with Gasteiger partial charge in [0, 0.05) is 0 Å². The highest BCUT2D eigenvalue weighted by atomic mass is 19.1. The van der Waals surface area contributed by atoms with Gasteiger partial charge in [-0.1, -0.05) is 13.0 Å². The van der Waals surface area contributed by atoms with E-state index < -0.39 is 11.9 Å². The largest absolute Gasteiger partial charge is 0.478 e. The predicted octanol–water partition coefficient (Wildman–Crippen LogP) is 1.94. The summed E-state index contributed by atoms with van der Waals surface area (Å²) >= 11 is 0. The van der Waals surface area contributed by atoms with E-state index in [1.54, 1.807) is 12.1 Å². The molecule has 14 heavy (non-hydrogen) atoms. The Morgan fingerprint density at radius 2 is 2.36 bits per heavy atom. The van der Waals surface area contributed by atoms with Crippen molar-refractivity contribution in [2.45, 2.75) is 19.4 Å². The van der Waals surface area contributed by atoms with Crippen LogP contribution in [0.25, 0.3) is 0 Å². The third-order valence-corrected chi connectivity index (χ3v) is 2.16. The summed E-state index contributed by atoms with van der Waals surface area (Å²) in [5.41, 5.74) is 0.141. The van der Waals surface area contributed by atoms with Crippen molar-refractivity contribution in [2.75, 3.05) is 5.32 Å². The second-order valence-corrected chi connectivity index (χ2v) is 3.12. The second kappa shape index (κ2) is 3.29. The number of nitrogens with one attached hydrogen (secondary N) is 1. The average Bonchev–Trinajstić information content (AvgIpc) is 2.19. The molecule has 0 spiro atoms. The summed E-state index contributed by atoms with van der Waals surface area (Å²) in [4.78, 5) is 11.3. The molecule has 4 heteroatoms. The fourth-order valence-corrected chi connectivity index (χ4v) is 1.40. The van der Waals surface area contributed by atoms with Crippen molar-refractivity contribution in [3.63, 3.8) is 0 Å². The predicted molar refractivity (Wildman–Crippen MR) is 49.7 cm³/mol. The van der Waals surface area contributed by atoms with Crippen molar-refractivity contribution in [1.82, 2.24) is 0 Å². The lowest BCUT2D eigenvalue weighted by molar-refractivity contribution is -0.123. The molecule has 0 saturated heterocycles. The number of carbonyl (C=O) groups excluding carboxylic acids is 1. The summed E-state index contributed by atoms with van der Waals surface area (Å²) in [5, 5.41) is 2.49. The third kappa shape index (κ3) is 1.32. The number of hydrogen-bond donors (Lipinski definition) is 1. The summed E-state index contributed by atoms with van der Waals surface area (Å²) in [5.74, 6) is -0.355. The quantitative estimate of drug-likeness (QED) is 0.743. The summed E-state index contributed by atoms with van der Waals surface area (Å²) in [6, 6.07) is 4.48. The van der Waals surface area contributed by atoms with Crippen LogP contribution in [0.2, 0.25) is 0 Å². The first-order chi connectivity index (χ1) is 6.72. The number of benzene rings is 1. The molecule has 0 bridgehead atoms. The number of hydrogen-bond acceptors (Lipinski definition) is 2. The van der Waals surface area contributed by atoms with Crippen molar-refractivity contribution < 1.29 is 13.9 Å². The molecule has 1 N–H and O–H groups in total. The number of amides is 1. The van der Waals surface area contributed by atoms with Gasteiger partial charge in [-0.2, -0.15) is 0 Å². The van der Waals surface area contributed by atoms with E-state index in [0.29, 0.717) is 12.2 Å². The number of para-hydroxylation sites is 1. The van der Waals surface area contributed by atoms with Gasteiger partial charge in [-0.15, -0.1) is 0 Å². The monoisotopic (exact) mass is 195 g/mol. The van der Waals surface area contributed by atoms with Crippen LogP contribution in [0.4, 0.5) is 10.1 Å². The molecule has 0 saturated carbocycles. The van der Waals surface area contributed by atoms with Gasteiger partial charge in [0.15, 0.2) is 11.9 Å². The molecule has 74 valence electrons. The van der Waals surface area contributed by atoms with Gasteiger partial charge >= 0.3 is 0 Å². The third-order valence-electron chi connectivity index (χ3n) is 2.16. The lowest BCUT2D eigenvalue weighted by Crippen LogP contribution is -2.36. The van der Waals surface area contributed by atoms with Gasteiger partial charge in [-0.3, -0.25) is 4.79 Å². The van der Waals surface area contributed by atoms with Crippen molar-refractivity contribution in [1.29, 1.82) is 0 Å². The van der Waals surface area contributed by atoms with E-state index in [1.165, 1.54) is 6.07 Å². The molecule has 1 aliphatic rings. The first kappa shape index (κ1) is 8.99. The molecule has 1 atom stereocenters. The molecule has 1 aromatic rings. The van der Waals surface area contributed by atoms with Gasteiger partial charge in [0.05, 0.1) is 0 Å². The van der Waals surface area contributed by atoms with E-state index in [0.717, 1.165) is 0 Å². The Hall–Kier alpha value is -1.58. The fraction of sp³-hybridized carbons (Fsp3) is 0.300. The minimum atomic E-state index is -0.510. The molecule has 1 heterocycles. The molecule has 0 fully saturated rings. The van der Waals surface area contributed by atoms with E-state index in [2.05, 4.69) is 5.32 Å². The van der Waals surface area contributed by atoms with Crippen LogP contribution in [0.3, 0.4) is 0 Å². The molecule has 1 aromatic carbocycles. The molecule has 0 aliphatic carbocycles. The summed E-state index contributed by atoms with van der Waals surface area (Å²) in [7, 11) is 0. The second-order valence-electron chi connectivity index (χ2n) is 3.12. The molecule has 3 nitrogen and oxygen atoms in total. The molecule has 1 unspecified atom stereocenters. The first-order valence-electron chi connectivity index (χ1n) is 4.48. The van der Waals surface area contributed by atoms with Crippen LogP contribution >= 0.6 is 0 Å². The Bertz CT molecular complexity index is 378. The van der Waals surface area contributed by atoms with E-state index in [1.807, 2.05) is 6.92 Å². The molecule has 0 radical (unpaired) electrons. The van der Waals surface area contributed by atoms with Crippen LogP contribution in [-0.2, 0) is 4.79 Å². The van der Waals surface area contributed by atoms with E-state index in [9.17, 15) is 9.18 Å². The van der Waals surface area contributed by atoms with Crippen molar-refractivity contribution in [3.05, 3.63) is 24.0 Å². The van der Waals surface area contributed by atoms with Gasteiger partial charge in [-0.05, 0) is 18.6 Å². The Labute approximate surface area is 80.9 Å². The molecule has 2 rings (SSSR count). The number of ether oxygens (including phenoxy) is 1. The van der Waals surface area contributed by atoms with Gasteiger partial charge in [0.25, 0.3) is 5.91 Å². The summed E-state index contributed by atoms with van der Waals surface area (Å²) < 4.78 is 18.5. The highest BCUT2D eigenvalue weighted by Crippen LogP contribution is 2.32. The highest BCUT2D eigenvalue weighted by molar-refractivity contribution is 5.97. The normalized spacial score (nSPS) is 19.6. The number of halogens is 1. The SMILES string of the molecule is CCC1Oc2cccc(F)c2NC1=O. The average molecular weight is 195 g/mol. The fourth-order valence-electron chi connectivity index (χ4n) is 1.40. The molecular formula is C10H10FNO2. The zero-order valence-electron chi connectivity index (χ0n) is 7.71. The number of fused-ring (bicyclic) bond motifs is 1. The van der Waals surface area contributed by atoms with Crippen LogP contribution in [0.5, 0.6) is 5.75 Å². The molecule has 0 aromatic heterocycles. The van der Waals surface area contributed by atoms with E-state index in [-0.39, 0.29) is 11.6 Å². The Kier molecular flexibility index (Phi) is 2.11. The zero-order valence-corrected chi connectivity index (χ0v) is 7.71. The number of rotatable bonds is 1. The maximum absolute atomic E-state index is 13.2.